The van der Waals surface area contributed by atoms with E-state index in [4.69, 9.17) is 22.1 Å². The lowest BCUT2D eigenvalue weighted by molar-refractivity contribution is -0.118. The largest absolute Gasteiger partial charge is 0.399 e. The van der Waals surface area contributed by atoms with E-state index in [1.165, 1.54) is 0 Å². The number of nitrogens with one attached hydrogen (secondary N) is 1. The number of hydrogen-bond donors (Lipinski definition) is 2. The van der Waals surface area contributed by atoms with Gasteiger partial charge in [-0.2, -0.15) is 0 Å². The molecular weight excluding hydrogens is 278 g/mol. The maximum atomic E-state index is 12.0. The Morgan fingerprint density at radius 2 is 2.20 bits per heavy atom. The van der Waals surface area contributed by atoms with Crippen molar-refractivity contribution in [2.24, 2.45) is 0 Å². The van der Waals surface area contributed by atoms with Crippen LogP contribution >= 0.6 is 11.6 Å². The molecule has 20 heavy (non-hydrogen) atoms. The number of rotatable bonds is 4. The fourth-order valence-electron chi connectivity index (χ4n) is 2.31. The lowest BCUT2D eigenvalue weighted by Gasteiger charge is -2.30. The zero-order chi connectivity index (χ0) is 14.5. The van der Waals surface area contributed by atoms with Gasteiger partial charge in [0.15, 0.2) is 0 Å². The molecule has 1 amide bonds. The number of anilines is 2. The van der Waals surface area contributed by atoms with E-state index in [2.05, 4.69) is 10.2 Å². The third-order valence-corrected chi connectivity index (χ3v) is 3.80. The molecule has 0 atom stereocenters. The highest BCUT2D eigenvalue weighted by Gasteiger charge is 2.20. The van der Waals surface area contributed by atoms with E-state index in [1.54, 1.807) is 18.2 Å². The normalized spacial score (nSPS) is 16.4. The van der Waals surface area contributed by atoms with Crippen molar-refractivity contribution in [3.8, 4) is 0 Å². The van der Waals surface area contributed by atoms with Crippen LogP contribution in [-0.4, -0.2) is 43.7 Å². The summed E-state index contributed by atoms with van der Waals surface area (Å²) in [6.07, 6.45) is 1.92. The van der Waals surface area contributed by atoms with Crippen LogP contribution in [0.1, 0.15) is 12.8 Å². The maximum absolute atomic E-state index is 12.0. The summed E-state index contributed by atoms with van der Waals surface area (Å²) in [5, 5.41) is 3.28. The second-order valence-electron chi connectivity index (χ2n) is 5.05. The summed E-state index contributed by atoms with van der Waals surface area (Å²) in [5.74, 6) is -0.0912. The highest BCUT2D eigenvalue weighted by Crippen LogP contribution is 2.24. The molecule has 0 aromatic heterocycles. The maximum Gasteiger partial charge on any atom is 0.238 e. The fourth-order valence-corrected chi connectivity index (χ4v) is 2.47. The summed E-state index contributed by atoms with van der Waals surface area (Å²) in [6.45, 7) is 1.85. The number of halogens is 1. The minimum Gasteiger partial charge on any atom is -0.399 e. The molecule has 0 radical (unpaired) electrons. The highest BCUT2D eigenvalue weighted by atomic mass is 35.5. The van der Waals surface area contributed by atoms with Crippen molar-refractivity contribution in [2.45, 2.75) is 18.9 Å². The molecule has 0 spiro atoms. The summed E-state index contributed by atoms with van der Waals surface area (Å²) < 4.78 is 5.32. The molecule has 0 aliphatic carbocycles. The molecular formula is C14H20ClN3O2. The van der Waals surface area contributed by atoms with Gasteiger partial charge in [-0.25, -0.2) is 0 Å². The van der Waals surface area contributed by atoms with E-state index < -0.39 is 0 Å². The Morgan fingerprint density at radius 3 is 2.90 bits per heavy atom. The summed E-state index contributed by atoms with van der Waals surface area (Å²) in [5.41, 5.74) is 6.81. The summed E-state index contributed by atoms with van der Waals surface area (Å²) in [7, 11) is 1.95. The Kier molecular flexibility index (Phi) is 5.23. The van der Waals surface area contributed by atoms with Gasteiger partial charge in [-0.05, 0) is 38.1 Å². The number of nitrogens with zero attached hydrogens (tertiary/aromatic N) is 1. The monoisotopic (exact) mass is 297 g/mol. The average molecular weight is 298 g/mol. The Labute approximate surface area is 124 Å². The van der Waals surface area contributed by atoms with Crippen LogP contribution < -0.4 is 11.1 Å². The number of amides is 1. The Hall–Kier alpha value is -1.30. The van der Waals surface area contributed by atoms with Gasteiger partial charge in [-0.1, -0.05) is 11.6 Å². The van der Waals surface area contributed by atoms with Gasteiger partial charge in [0.1, 0.15) is 0 Å². The molecule has 1 aliphatic heterocycles. The zero-order valence-corrected chi connectivity index (χ0v) is 12.3. The first-order valence-electron chi connectivity index (χ1n) is 6.69. The molecule has 0 saturated carbocycles. The van der Waals surface area contributed by atoms with Crippen LogP contribution in [0.15, 0.2) is 18.2 Å². The van der Waals surface area contributed by atoms with Crippen LogP contribution in [-0.2, 0) is 9.53 Å². The summed E-state index contributed by atoms with van der Waals surface area (Å²) in [4.78, 5) is 14.1. The van der Waals surface area contributed by atoms with Crippen LogP contribution in [0.2, 0.25) is 5.02 Å². The van der Waals surface area contributed by atoms with Crippen molar-refractivity contribution in [2.75, 3.05) is 37.9 Å². The number of likely N-dealkylation sites (N-methyl/N-ethyl adjacent to an activating group) is 1. The average Bonchev–Trinajstić information content (AvgIpc) is 2.43. The van der Waals surface area contributed by atoms with E-state index in [9.17, 15) is 4.79 Å². The molecule has 110 valence electrons. The number of carbonyl (C=O) groups is 1. The Morgan fingerprint density at radius 1 is 1.50 bits per heavy atom. The van der Waals surface area contributed by atoms with E-state index in [0.717, 1.165) is 26.1 Å². The predicted molar refractivity (Wildman–Crippen MR) is 81.0 cm³/mol. The number of benzene rings is 1. The highest BCUT2D eigenvalue weighted by molar-refractivity contribution is 6.33. The molecule has 3 N–H and O–H groups in total. The number of carbonyl (C=O) groups excluding carboxylic acids is 1. The standard InChI is InChI=1S/C14H20ClN3O2/c1-18(11-4-6-20-7-5-11)9-14(19)17-13-8-10(16)2-3-12(13)15/h2-3,8,11H,4-7,9,16H2,1H3,(H,17,19). The second-order valence-corrected chi connectivity index (χ2v) is 5.45. The number of ether oxygens (including phenoxy) is 1. The van der Waals surface area contributed by atoms with Crippen molar-refractivity contribution < 1.29 is 9.53 Å². The first-order chi connectivity index (χ1) is 9.56. The molecule has 1 heterocycles. The predicted octanol–water partition coefficient (Wildman–Crippen LogP) is 1.97. The summed E-state index contributed by atoms with van der Waals surface area (Å²) in [6, 6.07) is 5.43. The van der Waals surface area contributed by atoms with Gasteiger partial charge in [0.2, 0.25) is 5.91 Å². The molecule has 1 aromatic rings. The summed E-state index contributed by atoms with van der Waals surface area (Å²) >= 11 is 6.03. The Bertz CT molecular complexity index is 475. The lowest BCUT2D eigenvalue weighted by Crippen LogP contribution is -2.41. The smallest absolute Gasteiger partial charge is 0.238 e. The number of nitrogens with two attached hydrogens (primary N) is 1. The minimum absolute atomic E-state index is 0.0912. The molecule has 1 aliphatic rings. The van der Waals surface area contributed by atoms with Gasteiger partial charge in [0.25, 0.3) is 0 Å². The molecule has 6 heteroatoms. The van der Waals surface area contributed by atoms with Crippen LogP contribution in [0.3, 0.4) is 0 Å². The molecule has 5 nitrogen and oxygen atoms in total. The quantitative estimate of drug-likeness (QED) is 0.834. The molecule has 1 fully saturated rings. The van der Waals surface area contributed by atoms with Crippen molar-refractivity contribution in [3.63, 3.8) is 0 Å². The fraction of sp³-hybridized carbons (Fsp3) is 0.500. The zero-order valence-electron chi connectivity index (χ0n) is 11.6. The van der Waals surface area contributed by atoms with Gasteiger partial charge in [0, 0.05) is 24.9 Å². The van der Waals surface area contributed by atoms with Crippen LogP contribution in [0, 0.1) is 0 Å². The van der Waals surface area contributed by atoms with Crippen molar-refractivity contribution >= 4 is 28.9 Å². The van der Waals surface area contributed by atoms with Crippen molar-refractivity contribution in [1.29, 1.82) is 0 Å². The van der Waals surface area contributed by atoms with Crippen molar-refractivity contribution in [3.05, 3.63) is 23.2 Å². The first kappa shape index (κ1) is 15.1. The van der Waals surface area contributed by atoms with E-state index in [-0.39, 0.29) is 5.91 Å². The molecule has 1 aromatic carbocycles. The van der Waals surface area contributed by atoms with Gasteiger partial charge in [0.05, 0.1) is 17.3 Å². The second kappa shape index (κ2) is 6.92. The van der Waals surface area contributed by atoms with Gasteiger partial charge in [-0.3, -0.25) is 9.69 Å². The lowest BCUT2D eigenvalue weighted by atomic mass is 10.1. The number of hydrogen-bond acceptors (Lipinski definition) is 4. The Balaban J connectivity index is 1.89. The SMILES string of the molecule is CN(CC(=O)Nc1cc(N)ccc1Cl)C1CCOCC1. The van der Waals surface area contributed by atoms with E-state index in [1.807, 2.05) is 7.05 Å². The van der Waals surface area contributed by atoms with Crippen molar-refractivity contribution in [1.82, 2.24) is 4.90 Å². The van der Waals surface area contributed by atoms with Crippen LogP contribution in [0.4, 0.5) is 11.4 Å². The van der Waals surface area contributed by atoms with E-state index >= 15 is 0 Å². The molecule has 0 bridgehead atoms. The van der Waals surface area contributed by atoms with Gasteiger partial charge in [-0.15, -0.1) is 0 Å². The van der Waals surface area contributed by atoms with Crippen LogP contribution in [0.5, 0.6) is 0 Å². The van der Waals surface area contributed by atoms with Gasteiger partial charge < -0.3 is 15.8 Å². The topological polar surface area (TPSA) is 67.6 Å². The van der Waals surface area contributed by atoms with Crippen LogP contribution in [0.25, 0.3) is 0 Å². The molecule has 0 unspecified atom stereocenters. The third kappa shape index (κ3) is 4.10. The van der Waals surface area contributed by atoms with E-state index in [0.29, 0.717) is 29.0 Å². The third-order valence-electron chi connectivity index (χ3n) is 3.47. The molecule has 2 rings (SSSR count). The molecule has 1 saturated heterocycles. The van der Waals surface area contributed by atoms with Gasteiger partial charge >= 0.3 is 0 Å². The number of nitrogen functional groups attached to an aromatic ring is 1. The first-order valence-corrected chi connectivity index (χ1v) is 7.07. The minimum atomic E-state index is -0.0912.